The van der Waals surface area contributed by atoms with E-state index >= 15 is 0 Å². The zero-order valence-electron chi connectivity index (χ0n) is 21.5. The van der Waals surface area contributed by atoms with Crippen molar-refractivity contribution in [1.82, 2.24) is 0 Å². The lowest BCUT2D eigenvalue weighted by Crippen LogP contribution is -2.23. The third-order valence-corrected chi connectivity index (χ3v) is 7.86. The van der Waals surface area contributed by atoms with Crippen molar-refractivity contribution in [3.8, 4) is 11.1 Å². The summed E-state index contributed by atoms with van der Waals surface area (Å²) in [6.07, 6.45) is 0. The number of ether oxygens (including phenoxy) is 1. The lowest BCUT2D eigenvalue weighted by atomic mass is 10.0. The Balaban J connectivity index is 1.45. The van der Waals surface area contributed by atoms with E-state index in [1.807, 2.05) is 79.9 Å². The molecule has 1 aromatic heterocycles. The molecular formula is C30H28N2O4S2. The van der Waals surface area contributed by atoms with E-state index in [0.717, 1.165) is 27.1 Å². The highest BCUT2D eigenvalue weighted by molar-refractivity contribution is 8.00. The fourth-order valence-corrected chi connectivity index (χ4v) is 5.61. The van der Waals surface area contributed by atoms with Crippen molar-refractivity contribution in [2.24, 2.45) is 0 Å². The molecule has 38 heavy (non-hydrogen) atoms. The quantitative estimate of drug-likeness (QED) is 0.181. The van der Waals surface area contributed by atoms with Crippen molar-refractivity contribution < 1.29 is 19.1 Å². The van der Waals surface area contributed by atoms with Gasteiger partial charge in [0.1, 0.15) is 10.6 Å². The standard InChI is InChI=1S/C30H28N2O4S2/c1-18-8-12-21(13-9-18)25-17-37-29(26(25)30(35)36-4)32-27(33)20(3)38-24-7-5-6-23(16-24)31-28(34)22-14-10-19(2)11-15-22/h5-17,20H,1-4H3,(H,31,34)(H,32,33). The van der Waals surface area contributed by atoms with Crippen molar-refractivity contribution in [2.75, 3.05) is 17.7 Å². The maximum Gasteiger partial charge on any atom is 0.341 e. The molecule has 3 aromatic carbocycles. The van der Waals surface area contributed by atoms with Crippen molar-refractivity contribution in [1.29, 1.82) is 0 Å². The van der Waals surface area contributed by atoms with Crippen LogP contribution in [0.3, 0.4) is 0 Å². The number of aryl methyl sites for hydroxylation is 2. The van der Waals surface area contributed by atoms with E-state index in [9.17, 15) is 14.4 Å². The van der Waals surface area contributed by atoms with Crippen molar-refractivity contribution in [3.05, 3.63) is 100 Å². The summed E-state index contributed by atoms with van der Waals surface area (Å²) in [7, 11) is 1.33. The number of amides is 2. The monoisotopic (exact) mass is 544 g/mol. The Morgan fingerprint density at radius 2 is 1.55 bits per heavy atom. The third kappa shape index (κ3) is 6.51. The molecular weight excluding hydrogens is 516 g/mol. The maximum atomic E-state index is 13.1. The highest BCUT2D eigenvalue weighted by Crippen LogP contribution is 2.37. The average Bonchev–Trinajstić information content (AvgIpc) is 3.32. The summed E-state index contributed by atoms with van der Waals surface area (Å²) in [5.41, 5.74) is 5.34. The highest BCUT2D eigenvalue weighted by Gasteiger charge is 2.24. The number of carbonyl (C=O) groups is 3. The number of thiophene rings is 1. The van der Waals surface area contributed by atoms with Crippen LogP contribution in [0.4, 0.5) is 10.7 Å². The summed E-state index contributed by atoms with van der Waals surface area (Å²) in [5.74, 6) is -0.948. The molecule has 0 bridgehead atoms. The first-order chi connectivity index (χ1) is 18.2. The summed E-state index contributed by atoms with van der Waals surface area (Å²) in [5, 5.41) is 7.65. The zero-order chi connectivity index (χ0) is 27.2. The van der Waals surface area contributed by atoms with Crippen molar-refractivity contribution in [2.45, 2.75) is 30.9 Å². The van der Waals surface area contributed by atoms with Crippen LogP contribution < -0.4 is 10.6 Å². The molecule has 0 saturated heterocycles. The van der Waals surface area contributed by atoms with Crippen LogP contribution >= 0.6 is 23.1 Å². The van der Waals surface area contributed by atoms with Gasteiger partial charge in [-0.15, -0.1) is 23.1 Å². The molecule has 0 aliphatic carbocycles. The highest BCUT2D eigenvalue weighted by atomic mass is 32.2. The van der Waals surface area contributed by atoms with E-state index < -0.39 is 11.2 Å². The Hall–Kier alpha value is -3.88. The molecule has 0 saturated carbocycles. The summed E-state index contributed by atoms with van der Waals surface area (Å²) in [6, 6.07) is 22.6. The van der Waals surface area contributed by atoms with Gasteiger partial charge >= 0.3 is 5.97 Å². The second-order valence-corrected chi connectivity index (χ2v) is 11.1. The number of nitrogens with one attached hydrogen (secondary N) is 2. The predicted octanol–water partition coefficient (Wildman–Crippen LogP) is 7.19. The Morgan fingerprint density at radius 1 is 0.895 bits per heavy atom. The van der Waals surface area contributed by atoms with Gasteiger partial charge in [-0.25, -0.2) is 4.79 Å². The van der Waals surface area contributed by atoms with Gasteiger partial charge in [0.15, 0.2) is 0 Å². The molecule has 0 spiro atoms. The summed E-state index contributed by atoms with van der Waals surface area (Å²) in [4.78, 5) is 39.1. The minimum absolute atomic E-state index is 0.199. The van der Waals surface area contributed by atoms with Gasteiger partial charge in [0.2, 0.25) is 5.91 Å². The molecule has 1 unspecified atom stereocenters. The van der Waals surface area contributed by atoms with Crippen LogP contribution in [0, 0.1) is 13.8 Å². The van der Waals surface area contributed by atoms with E-state index in [1.54, 1.807) is 19.1 Å². The molecule has 1 atom stereocenters. The number of methoxy groups -OCH3 is 1. The number of hydrogen-bond donors (Lipinski definition) is 2. The first-order valence-electron chi connectivity index (χ1n) is 12.0. The second kappa shape index (κ2) is 12.1. The summed E-state index contributed by atoms with van der Waals surface area (Å²) in [6.45, 7) is 5.76. The molecule has 0 radical (unpaired) electrons. The number of rotatable bonds is 8. The molecule has 6 nitrogen and oxygen atoms in total. The molecule has 0 aliphatic rings. The second-order valence-electron chi connectivity index (χ2n) is 8.81. The Morgan fingerprint density at radius 3 is 2.21 bits per heavy atom. The topological polar surface area (TPSA) is 84.5 Å². The van der Waals surface area contributed by atoms with E-state index in [1.165, 1.54) is 30.2 Å². The lowest BCUT2D eigenvalue weighted by Gasteiger charge is -2.13. The zero-order valence-corrected chi connectivity index (χ0v) is 23.2. The van der Waals surface area contributed by atoms with E-state index in [-0.39, 0.29) is 11.8 Å². The van der Waals surface area contributed by atoms with Gasteiger partial charge in [0.25, 0.3) is 5.91 Å². The van der Waals surface area contributed by atoms with E-state index in [2.05, 4.69) is 10.6 Å². The van der Waals surface area contributed by atoms with Gasteiger partial charge in [-0.1, -0.05) is 53.6 Å². The number of hydrogen-bond acceptors (Lipinski definition) is 6. The molecule has 2 N–H and O–H groups in total. The van der Waals surface area contributed by atoms with Gasteiger partial charge in [0.05, 0.1) is 12.4 Å². The van der Waals surface area contributed by atoms with Gasteiger partial charge in [0, 0.05) is 27.1 Å². The SMILES string of the molecule is COC(=O)c1c(-c2ccc(C)cc2)csc1NC(=O)C(C)Sc1cccc(NC(=O)c2ccc(C)cc2)c1. The molecule has 2 amide bonds. The molecule has 0 aliphatic heterocycles. The van der Waals surface area contributed by atoms with Crippen LogP contribution in [0.15, 0.2) is 83.1 Å². The largest absolute Gasteiger partial charge is 0.465 e. The smallest absolute Gasteiger partial charge is 0.341 e. The Bertz CT molecular complexity index is 1460. The normalized spacial score (nSPS) is 11.5. The number of benzene rings is 3. The van der Waals surface area contributed by atoms with Gasteiger partial charge in [-0.3, -0.25) is 9.59 Å². The van der Waals surface area contributed by atoms with Crippen LogP contribution in [0.2, 0.25) is 0 Å². The van der Waals surface area contributed by atoms with Gasteiger partial charge in [-0.2, -0.15) is 0 Å². The molecule has 4 aromatic rings. The number of thioether (sulfide) groups is 1. The van der Waals surface area contributed by atoms with Crippen LogP contribution in [0.25, 0.3) is 11.1 Å². The third-order valence-electron chi connectivity index (χ3n) is 5.87. The predicted molar refractivity (Wildman–Crippen MR) is 155 cm³/mol. The fraction of sp³-hybridized carbons (Fsp3) is 0.167. The molecule has 0 fully saturated rings. The van der Waals surface area contributed by atoms with Crippen molar-refractivity contribution >= 4 is 51.6 Å². The minimum Gasteiger partial charge on any atom is -0.465 e. The molecule has 8 heteroatoms. The first kappa shape index (κ1) is 27.2. The van der Waals surface area contributed by atoms with Gasteiger partial charge < -0.3 is 15.4 Å². The van der Waals surface area contributed by atoms with E-state index in [4.69, 9.17) is 4.74 Å². The van der Waals surface area contributed by atoms with Crippen LogP contribution in [-0.2, 0) is 9.53 Å². The maximum absolute atomic E-state index is 13.1. The van der Waals surface area contributed by atoms with Gasteiger partial charge in [-0.05, 0) is 56.7 Å². The lowest BCUT2D eigenvalue weighted by molar-refractivity contribution is -0.115. The van der Waals surface area contributed by atoms with E-state index in [0.29, 0.717) is 21.8 Å². The molecule has 194 valence electrons. The number of esters is 1. The summed E-state index contributed by atoms with van der Waals surface area (Å²) >= 11 is 2.65. The number of carbonyl (C=O) groups excluding carboxylic acids is 3. The first-order valence-corrected chi connectivity index (χ1v) is 13.7. The van der Waals surface area contributed by atoms with Crippen LogP contribution in [-0.4, -0.2) is 30.1 Å². The molecule has 4 rings (SSSR count). The Kier molecular flexibility index (Phi) is 8.66. The average molecular weight is 545 g/mol. The van der Waals surface area contributed by atoms with Crippen molar-refractivity contribution in [3.63, 3.8) is 0 Å². The number of anilines is 2. The Labute approximate surface area is 230 Å². The fourth-order valence-electron chi connectivity index (χ4n) is 3.73. The molecule has 1 heterocycles. The van der Waals surface area contributed by atoms with Crippen LogP contribution in [0.1, 0.15) is 38.8 Å². The van der Waals surface area contributed by atoms with Crippen LogP contribution in [0.5, 0.6) is 0 Å². The summed E-state index contributed by atoms with van der Waals surface area (Å²) < 4.78 is 5.02. The minimum atomic E-state index is -0.505.